The number of nitrogens with zero attached hydrogens (tertiary/aromatic N) is 2. The van der Waals surface area contributed by atoms with Gasteiger partial charge in [0.15, 0.2) is 0 Å². The van der Waals surface area contributed by atoms with Crippen LogP contribution >= 0.6 is 0 Å². The van der Waals surface area contributed by atoms with Gasteiger partial charge < -0.3 is 16.0 Å². The minimum Gasteiger partial charge on any atom is -0.397 e. The number of likely N-dealkylation sites (N-methyl/N-ethyl adjacent to an activating group) is 1. The third-order valence-corrected chi connectivity index (χ3v) is 1.86. The van der Waals surface area contributed by atoms with Crippen LogP contribution in [0.25, 0.3) is 0 Å². The van der Waals surface area contributed by atoms with Crippen molar-refractivity contribution in [2.75, 3.05) is 32.9 Å². The van der Waals surface area contributed by atoms with E-state index in [4.69, 9.17) is 5.73 Å². The Balaban J connectivity index is 2.43. The second-order valence-corrected chi connectivity index (χ2v) is 3.54. The standard InChI is InChI=1S/C10H16N4O/c1-14(2)6-5-12-10(15)9-4-3-8(11)7-13-9/h3-4,7H,5-6,11H2,1-2H3,(H,12,15). The van der Waals surface area contributed by atoms with Crippen molar-refractivity contribution in [1.82, 2.24) is 15.2 Å². The van der Waals surface area contributed by atoms with E-state index in [0.29, 0.717) is 17.9 Å². The van der Waals surface area contributed by atoms with Crippen molar-refractivity contribution >= 4 is 11.6 Å². The summed E-state index contributed by atoms with van der Waals surface area (Å²) in [5, 5.41) is 2.77. The Hall–Kier alpha value is -1.62. The van der Waals surface area contributed by atoms with Crippen LogP contribution in [-0.4, -0.2) is 43.0 Å². The molecule has 1 amide bonds. The Morgan fingerprint density at radius 3 is 2.80 bits per heavy atom. The summed E-state index contributed by atoms with van der Waals surface area (Å²) in [5.74, 6) is -0.170. The van der Waals surface area contributed by atoms with Crippen LogP contribution < -0.4 is 11.1 Å². The highest BCUT2D eigenvalue weighted by Crippen LogP contribution is 2.00. The van der Waals surface area contributed by atoms with E-state index in [1.54, 1.807) is 12.1 Å². The first-order valence-corrected chi connectivity index (χ1v) is 4.74. The van der Waals surface area contributed by atoms with Gasteiger partial charge in [0, 0.05) is 13.1 Å². The Bertz CT molecular complexity index is 321. The zero-order valence-electron chi connectivity index (χ0n) is 9.03. The molecule has 0 aromatic carbocycles. The number of hydrogen-bond donors (Lipinski definition) is 2. The minimum atomic E-state index is -0.170. The third-order valence-electron chi connectivity index (χ3n) is 1.86. The molecule has 0 atom stereocenters. The fourth-order valence-electron chi connectivity index (χ4n) is 1.02. The molecular formula is C10H16N4O. The van der Waals surface area contributed by atoms with Gasteiger partial charge in [-0.1, -0.05) is 0 Å². The molecule has 1 aromatic rings. The molecule has 0 saturated carbocycles. The van der Waals surface area contributed by atoms with Crippen molar-refractivity contribution < 1.29 is 4.79 Å². The summed E-state index contributed by atoms with van der Waals surface area (Å²) in [5.41, 5.74) is 6.41. The highest BCUT2D eigenvalue weighted by molar-refractivity contribution is 5.92. The lowest BCUT2D eigenvalue weighted by molar-refractivity contribution is 0.0946. The summed E-state index contributed by atoms with van der Waals surface area (Å²) < 4.78 is 0. The number of pyridine rings is 1. The van der Waals surface area contributed by atoms with Crippen LogP contribution in [0, 0.1) is 0 Å². The minimum absolute atomic E-state index is 0.170. The predicted molar refractivity (Wildman–Crippen MR) is 59.5 cm³/mol. The summed E-state index contributed by atoms with van der Waals surface area (Å²) in [7, 11) is 3.90. The second kappa shape index (κ2) is 5.31. The average Bonchev–Trinajstić information content (AvgIpc) is 2.18. The molecule has 0 fully saturated rings. The molecule has 0 unspecified atom stereocenters. The van der Waals surface area contributed by atoms with Crippen LogP contribution in [0.5, 0.6) is 0 Å². The van der Waals surface area contributed by atoms with Crippen LogP contribution in [0.3, 0.4) is 0 Å². The van der Waals surface area contributed by atoms with Gasteiger partial charge in [-0.3, -0.25) is 4.79 Å². The Kier molecular flexibility index (Phi) is 4.05. The molecule has 5 heteroatoms. The van der Waals surface area contributed by atoms with Crippen LogP contribution in [-0.2, 0) is 0 Å². The quantitative estimate of drug-likeness (QED) is 0.728. The molecule has 0 saturated heterocycles. The monoisotopic (exact) mass is 208 g/mol. The fraction of sp³-hybridized carbons (Fsp3) is 0.400. The zero-order chi connectivity index (χ0) is 11.3. The molecule has 0 aliphatic rings. The number of nitrogen functional groups attached to an aromatic ring is 1. The van der Waals surface area contributed by atoms with Gasteiger partial charge in [-0.25, -0.2) is 4.98 Å². The van der Waals surface area contributed by atoms with Crippen molar-refractivity contribution in [3.8, 4) is 0 Å². The summed E-state index contributed by atoms with van der Waals surface area (Å²) in [6.07, 6.45) is 1.47. The topological polar surface area (TPSA) is 71.2 Å². The molecule has 0 radical (unpaired) electrons. The molecule has 1 heterocycles. The molecule has 0 aliphatic heterocycles. The molecule has 0 aliphatic carbocycles. The first kappa shape index (κ1) is 11.5. The first-order chi connectivity index (χ1) is 7.09. The lowest BCUT2D eigenvalue weighted by atomic mass is 10.3. The SMILES string of the molecule is CN(C)CCNC(=O)c1ccc(N)cn1. The number of carbonyl (C=O) groups excluding carboxylic acids is 1. The number of hydrogen-bond acceptors (Lipinski definition) is 4. The van der Waals surface area contributed by atoms with E-state index in [9.17, 15) is 4.79 Å². The van der Waals surface area contributed by atoms with E-state index in [1.807, 2.05) is 19.0 Å². The Morgan fingerprint density at radius 2 is 2.27 bits per heavy atom. The van der Waals surface area contributed by atoms with E-state index in [1.165, 1.54) is 6.20 Å². The van der Waals surface area contributed by atoms with Crippen molar-refractivity contribution in [2.45, 2.75) is 0 Å². The highest BCUT2D eigenvalue weighted by Gasteiger charge is 2.05. The molecule has 1 rings (SSSR count). The van der Waals surface area contributed by atoms with Crippen LogP contribution in [0.4, 0.5) is 5.69 Å². The highest BCUT2D eigenvalue weighted by atomic mass is 16.1. The van der Waals surface area contributed by atoms with Crippen LogP contribution in [0.2, 0.25) is 0 Å². The number of nitrogens with one attached hydrogen (secondary N) is 1. The van der Waals surface area contributed by atoms with Gasteiger partial charge in [0.2, 0.25) is 0 Å². The van der Waals surface area contributed by atoms with Gasteiger partial charge >= 0.3 is 0 Å². The van der Waals surface area contributed by atoms with E-state index in [-0.39, 0.29) is 5.91 Å². The number of amides is 1. The number of rotatable bonds is 4. The van der Waals surface area contributed by atoms with Crippen LogP contribution in [0.1, 0.15) is 10.5 Å². The predicted octanol–water partition coefficient (Wildman–Crippen LogP) is -0.0448. The van der Waals surface area contributed by atoms with Crippen LogP contribution in [0.15, 0.2) is 18.3 Å². The number of carbonyl (C=O) groups is 1. The van der Waals surface area contributed by atoms with E-state index in [0.717, 1.165) is 6.54 Å². The van der Waals surface area contributed by atoms with Gasteiger partial charge in [-0.05, 0) is 26.2 Å². The second-order valence-electron chi connectivity index (χ2n) is 3.54. The molecule has 5 nitrogen and oxygen atoms in total. The number of anilines is 1. The molecule has 1 aromatic heterocycles. The van der Waals surface area contributed by atoms with Crippen molar-refractivity contribution in [1.29, 1.82) is 0 Å². The molecule has 0 bridgehead atoms. The van der Waals surface area contributed by atoms with E-state index >= 15 is 0 Å². The summed E-state index contributed by atoms with van der Waals surface area (Å²) in [4.78, 5) is 17.4. The van der Waals surface area contributed by atoms with Gasteiger partial charge in [-0.2, -0.15) is 0 Å². The third kappa shape index (κ3) is 3.95. The lowest BCUT2D eigenvalue weighted by Gasteiger charge is -2.09. The largest absolute Gasteiger partial charge is 0.397 e. The van der Waals surface area contributed by atoms with Crippen molar-refractivity contribution in [3.05, 3.63) is 24.0 Å². The first-order valence-electron chi connectivity index (χ1n) is 4.74. The maximum Gasteiger partial charge on any atom is 0.269 e. The lowest BCUT2D eigenvalue weighted by Crippen LogP contribution is -2.31. The van der Waals surface area contributed by atoms with E-state index < -0.39 is 0 Å². The Labute approximate surface area is 89.3 Å². The normalized spacial score (nSPS) is 10.3. The van der Waals surface area contributed by atoms with Gasteiger partial charge in [0.25, 0.3) is 5.91 Å². The van der Waals surface area contributed by atoms with Gasteiger partial charge in [0.1, 0.15) is 5.69 Å². The van der Waals surface area contributed by atoms with Gasteiger partial charge in [-0.15, -0.1) is 0 Å². The molecule has 82 valence electrons. The number of nitrogens with two attached hydrogens (primary N) is 1. The van der Waals surface area contributed by atoms with Crippen molar-refractivity contribution in [2.24, 2.45) is 0 Å². The molecule has 3 N–H and O–H groups in total. The zero-order valence-corrected chi connectivity index (χ0v) is 9.03. The smallest absolute Gasteiger partial charge is 0.269 e. The maximum absolute atomic E-state index is 11.5. The Morgan fingerprint density at radius 1 is 1.53 bits per heavy atom. The summed E-state index contributed by atoms with van der Waals surface area (Å²) in [6, 6.07) is 3.27. The maximum atomic E-state index is 11.5. The summed E-state index contributed by atoms with van der Waals surface area (Å²) >= 11 is 0. The average molecular weight is 208 g/mol. The fourth-order valence-corrected chi connectivity index (χ4v) is 1.02. The summed E-state index contributed by atoms with van der Waals surface area (Å²) in [6.45, 7) is 1.42. The molecule has 15 heavy (non-hydrogen) atoms. The molecule has 0 spiro atoms. The number of aromatic nitrogens is 1. The van der Waals surface area contributed by atoms with Crippen molar-refractivity contribution in [3.63, 3.8) is 0 Å². The van der Waals surface area contributed by atoms with E-state index in [2.05, 4.69) is 10.3 Å². The molecular weight excluding hydrogens is 192 g/mol. The van der Waals surface area contributed by atoms with Gasteiger partial charge in [0.05, 0.1) is 11.9 Å².